The highest BCUT2D eigenvalue weighted by Gasteiger charge is 2.14. The Kier molecular flexibility index (Phi) is 4.69. The number of hydrogen-bond donors (Lipinski definition) is 2. The Morgan fingerprint density at radius 3 is 2.88 bits per heavy atom. The van der Waals surface area contributed by atoms with Gasteiger partial charge in [0.25, 0.3) is 0 Å². The van der Waals surface area contributed by atoms with Gasteiger partial charge in [0.05, 0.1) is 11.6 Å². The molecule has 0 saturated heterocycles. The van der Waals surface area contributed by atoms with Crippen LogP contribution in [0.25, 0.3) is 0 Å². The number of nitrogens with one attached hydrogen (secondary N) is 1. The number of nitrogens with zero attached hydrogens (tertiary/aromatic N) is 1. The van der Waals surface area contributed by atoms with E-state index < -0.39 is 0 Å². The van der Waals surface area contributed by atoms with Crippen molar-refractivity contribution in [2.75, 3.05) is 0 Å². The van der Waals surface area contributed by atoms with Crippen LogP contribution in [0.1, 0.15) is 16.5 Å². The van der Waals surface area contributed by atoms with Crippen LogP contribution in [0.15, 0.2) is 38.9 Å². The number of nitrogens with two attached hydrogens (primary N) is 1. The number of halogens is 2. The van der Waals surface area contributed by atoms with E-state index in [0.717, 1.165) is 20.9 Å². The molecule has 90 valence electrons. The van der Waals surface area contributed by atoms with Gasteiger partial charge in [-0.3, -0.25) is 16.3 Å². The summed E-state index contributed by atoms with van der Waals surface area (Å²) in [5, 5.41) is 0. The highest BCUT2D eigenvalue weighted by molar-refractivity contribution is 9.11. The molecule has 0 amide bonds. The van der Waals surface area contributed by atoms with Crippen molar-refractivity contribution in [3.05, 3.63) is 49.3 Å². The number of thiazole rings is 1. The molecule has 3 N–H and O–H groups in total. The molecule has 0 bridgehead atoms. The van der Waals surface area contributed by atoms with Crippen LogP contribution in [0.2, 0.25) is 0 Å². The highest BCUT2D eigenvalue weighted by atomic mass is 79.9. The van der Waals surface area contributed by atoms with Gasteiger partial charge < -0.3 is 0 Å². The predicted octanol–water partition coefficient (Wildman–Crippen LogP) is 3.42. The fourth-order valence-electron chi connectivity index (χ4n) is 1.58. The number of rotatable bonds is 4. The second kappa shape index (κ2) is 6.06. The van der Waals surface area contributed by atoms with Crippen LogP contribution in [-0.4, -0.2) is 4.98 Å². The van der Waals surface area contributed by atoms with Crippen LogP contribution in [0.3, 0.4) is 0 Å². The minimum atomic E-state index is 0.0716. The molecule has 3 nitrogen and oxygen atoms in total. The zero-order chi connectivity index (χ0) is 12.3. The lowest BCUT2D eigenvalue weighted by Gasteiger charge is -2.17. The molecule has 1 aromatic heterocycles. The third-order valence-electron chi connectivity index (χ3n) is 2.42. The van der Waals surface area contributed by atoms with Crippen molar-refractivity contribution in [2.24, 2.45) is 5.84 Å². The summed E-state index contributed by atoms with van der Waals surface area (Å²) < 4.78 is 2.09. The summed E-state index contributed by atoms with van der Waals surface area (Å²) in [4.78, 5) is 5.28. The topological polar surface area (TPSA) is 50.9 Å². The number of benzene rings is 1. The van der Waals surface area contributed by atoms with Gasteiger partial charge in [0.15, 0.2) is 0 Å². The average molecular weight is 377 g/mol. The zero-order valence-corrected chi connectivity index (χ0v) is 12.8. The van der Waals surface area contributed by atoms with E-state index in [1.54, 1.807) is 11.3 Å². The van der Waals surface area contributed by atoms with Gasteiger partial charge in [-0.2, -0.15) is 0 Å². The summed E-state index contributed by atoms with van der Waals surface area (Å²) in [6.45, 7) is 0. The Morgan fingerprint density at radius 1 is 1.41 bits per heavy atom. The van der Waals surface area contributed by atoms with E-state index in [-0.39, 0.29) is 6.04 Å². The van der Waals surface area contributed by atoms with E-state index in [9.17, 15) is 0 Å². The lowest BCUT2D eigenvalue weighted by atomic mass is 10.0. The van der Waals surface area contributed by atoms with E-state index in [1.807, 2.05) is 23.8 Å². The maximum absolute atomic E-state index is 5.64. The molecule has 2 rings (SSSR count). The van der Waals surface area contributed by atoms with Gasteiger partial charge in [-0.05, 0) is 23.8 Å². The molecule has 0 spiro atoms. The fraction of sp³-hybridized carbons (Fsp3) is 0.182. The Bertz CT molecular complexity index is 487. The van der Waals surface area contributed by atoms with Gasteiger partial charge in [-0.25, -0.2) is 0 Å². The van der Waals surface area contributed by atoms with Gasteiger partial charge in [0.1, 0.15) is 0 Å². The Morgan fingerprint density at radius 2 is 2.24 bits per heavy atom. The fourth-order valence-corrected chi connectivity index (χ4v) is 3.13. The van der Waals surface area contributed by atoms with Crippen molar-refractivity contribution in [3.63, 3.8) is 0 Å². The molecule has 1 atom stereocenters. The minimum Gasteiger partial charge on any atom is -0.271 e. The highest BCUT2D eigenvalue weighted by Crippen LogP contribution is 2.29. The molecule has 17 heavy (non-hydrogen) atoms. The smallest absolute Gasteiger partial charge is 0.0794 e. The Balaban J connectivity index is 2.25. The summed E-state index contributed by atoms with van der Waals surface area (Å²) in [7, 11) is 0. The van der Waals surface area contributed by atoms with Crippen molar-refractivity contribution in [1.29, 1.82) is 0 Å². The molecule has 0 radical (unpaired) electrons. The Labute approximate surface area is 121 Å². The zero-order valence-electron chi connectivity index (χ0n) is 8.86. The maximum atomic E-state index is 5.64. The van der Waals surface area contributed by atoms with E-state index in [4.69, 9.17) is 5.84 Å². The van der Waals surface area contributed by atoms with E-state index in [2.05, 4.69) is 48.3 Å². The minimum absolute atomic E-state index is 0.0716. The molecule has 2 aromatic rings. The van der Waals surface area contributed by atoms with Crippen LogP contribution in [-0.2, 0) is 6.42 Å². The van der Waals surface area contributed by atoms with Gasteiger partial charge in [-0.15, -0.1) is 11.3 Å². The summed E-state index contributed by atoms with van der Waals surface area (Å²) in [6.07, 6.45) is 2.71. The SMILES string of the molecule is NNC(Cc1cncs1)c1cc(Br)ccc1Br. The summed E-state index contributed by atoms with van der Waals surface area (Å²) in [5.74, 6) is 5.64. The lowest BCUT2D eigenvalue weighted by molar-refractivity contribution is 0.553. The molecule has 0 aliphatic carbocycles. The molecular weight excluding hydrogens is 366 g/mol. The molecule has 1 unspecified atom stereocenters. The summed E-state index contributed by atoms with van der Waals surface area (Å²) in [6, 6.07) is 6.14. The van der Waals surface area contributed by atoms with Crippen molar-refractivity contribution in [3.8, 4) is 0 Å². The second-order valence-electron chi connectivity index (χ2n) is 3.56. The van der Waals surface area contributed by atoms with E-state index >= 15 is 0 Å². The first kappa shape index (κ1) is 13.2. The van der Waals surface area contributed by atoms with Crippen LogP contribution in [0.5, 0.6) is 0 Å². The van der Waals surface area contributed by atoms with Crippen LogP contribution < -0.4 is 11.3 Å². The molecule has 0 saturated carbocycles. The first-order valence-corrected chi connectivity index (χ1v) is 7.45. The van der Waals surface area contributed by atoms with Crippen LogP contribution in [0.4, 0.5) is 0 Å². The van der Waals surface area contributed by atoms with Crippen molar-refractivity contribution in [1.82, 2.24) is 10.4 Å². The Hall–Kier alpha value is -0.270. The molecule has 0 fully saturated rings. The summed E-state index contributed by atoms with van der Waals surface area (Å²) in [5.41, 5.74) is 5.82. The standard InChI is InChI=1S/C11H11Br2N3S/c12-7-1-2-10(13)9(3-7)11(16-14)4-8-5-15-6-17-8/h1-3,5-6,11,16H,4,14H2. The average Bonchev–Trinajstić information content (AvgIpc) is 2.82. The second-order valence-corrected chi connectivity index (χ2v) is 6.30. The van der Waals surface area contributed by atoms with Gasteiger partial charge in [0.2, 0.25) is 0 Å². The quantitative estimate of drug-likeness (QED) is 0.634. The third kappa shape index (κ3) is 3.35. The first-order valence-electron chi connectivity index (χ1n) is 4.99. The summed E-state index contributed by atoms with van der Waals surface area (Å²) >= 11 is 8.66. The molecule has 0 aliphatic rings. The third-order valence-corrected chi connectivity index (χ3v) is 4.44. The molecule has 1 aromatic carbocycles. The monoisotopic (exact) mass is 375 g/mol. The van der Waals surface area contributed by atoms with Gasteiger partial charge >= 0.3 is 0 Å². The number of aromatic nitrogens is 1. The van der Waals surface area contributed by atoms with Gasteiger partial charge in [-0.1, -0.05) is 31.9 Å². The normalized spacial score (nSPS) is 12.6. The van der Waals surface area contributed by atoms with Gasteiger partial charge in [0, 0.05) is 26.4 Å². The molecule has 0 aliphatic heterocycles. The van der Waals surface area contributed by atoms with Crippen LogP contribution in [0, 0.1) is 0 Å². The van der Waals surface area contributed by atoms with E-state index in [0.29, 0.717) is 0 Å². The first-order chi connectivity index (χ1) is 8.20. The molecular formula is C11H11Br2N3S. The largest absolute Gasteiger partial charge is 0.271 e. The number of hydrazine groups is 1. The van der Waals surface area contributed by atoms with Crippen molar-refractivity contribution in [2.45, 2.75) is 12.5 Å². The maximum Gasteiger partial charge on any atom is 0.0794 e. The lowest BCUT2D eigenvalue weighted by Crippen LogP contribution is -2.29. The van der Waals surface area contributed by atoms with Crippen LogP contribution >= 0.6 is 43.2 Å². The van der Waals surface area contributed by atoms with Crippen molar-refractivity contribution >= 4 is 43.2 Å². The molecule has 1 heterocycles. The van der Waals surface area contributed by atoms with Crippen molar-refractivity contribution < 1.29 is 0 Å². The molecule has 6 heteroatoms. The van der Waals surface area contributed by atoms with E-state index in [1.165, 1.54) is 4.88 Å². The number of hydrogen-bond acceptors (Lipinski definition) is 4. The predicted molar refractivity (Wildman–Crippen MR) is 77.7 cm³/mol.